The fourth-order valence-electron chi connectivity index (χ4n) is 1.82. The minimum Gasteiger partial charge on any atom is -0.434 e. The zero-order chi connectivity index (χ0) is 14.1. The molecule has 0 atom stereocenters. The molecule has 0 heterocycles. The van der Waals surface area contributed by atoms with E-state index in [1.54, 1.807) is 6.07 Å². The summed E-state index contributed by atoms with van der Waals surface area (Å²) < 4.78 is 10.3. The van der Waals surface area contributed by atoms with Gasteiger partial charge in [0, 0.05) is 0 Å². The van der Waals surface area contributed by atoms with Gasteiger partial charge in [0.05, 0.1) is 6.61 Å². The van der Waals surface area contributed by atoms with Crippen molar-refractivity contribution in [2.45, 2.75) is 52.9 Å². The maximum absolute atomic E-state index is 11.5. The summed E-state index contributed by atoms with van der Waals surface area (Å²) >= 11 is 0. The summed E-state index contributed by atoms with van der Waals surface area (Å²) in [4.78, 5) is 11.5. The molecular weight excluding hydrogens is 240 g/mol. The minimum atomic E-state index is -0.607. The largest absolute Gasteiger partial charge is 0.513 e. The summed E-state index contributed by atoms with van der Waals surface area (Å²) in [6, 6.07) is 5.64. The first kappa shape index (κ1) is 15.5. The van der Waals surface area contributed by atoms with Crippen LogP contribution in [-0.4, -0.2) is 12.8 Å². The molecule has 1 aromatic rings. The van der Waals surface area contributed by atoms with Crippen LogP contribution >= 0.6 is 0 Å². The van der Waals surface area contributed by atoms with Crippen LogP contribution in [0.25, 0.3) is 0 Å². The first-order valence-corrected chi connectivity index (χ1v) is 7.06. The Morgan fingerprint density at radius 3 is 2.58 bits per heavy atom. The van der Waals surface area contributed by atoms with Gasteiger partial charge in [0.2, 0.25) is 0 Å². The van der Waals surface area contributed by atoms with Crippen molar-refractivity contribution < 1.29 is 14.3 Å². The van der Waals surface area contributed by atoms with Crippen molar-refractivity contribution in [2.24, 2.45) is 0 Å². The molecule has 106 valence electrons. The van der Waals surface area contributed by atoms with Gasteiger partial charge >= 0.3 is 6.16 Å². The molecule has 0 N–H and O–H groups in total. The number of ether oxygens (including phenoxy) is 2. The molecule has 0 saturated carbocycles. The molecule has 0 saturated heterocycles. The average Bonchev–Trinajstić information content (AvgIpc) is 2.39. The van der Waals surface area contributed by atoms with Crippen LogP contribution in [0, 0.1) is 13.8 Å². The monoisotopic (exact) mass is 264 g/mol. The number of carbonyl (C=O) groups is 1. The Labute approximate surface area is 115 Å². The normalized spacial score (nSPS) is 10.3. The average molecular weight is 264 g/mol. The van der Waals surface area contributed by atoms with Crippen LogP contribution in [0.4, 0.5) is 4.79 Å². The van der Waals surface area contributed by atoms with Gasteiger partial charge in [0.15, 0.2) is 0 Å². The van der Waals surface area contributed by atoms with E-state index in [1.807, 2.05) is 26.0 Å². The van der Waals surface area contributed by atoms with Gasteiger partial charge in [0.1, 0.15) is 5.75 Å². The number of hydrogen-bond acceptors (Lipinski definition) is 3. The lowest BCUT2D eigenvalue weighted by Gasteiger charge is -2.09. The third-order valence-electron chi connectivity index (χ3n) is 3.22. The number of hydrogen-bond donors (Lipinski definition) is 0. The number of aryl methyl sites for hydroxylation is 1. The summed E-state index contributed by atoms with van der Waals surface area (Å²) in [6.45, 7) is 6.54. The Hall–Kier alpha value is -1.51. The molecular formula is C16H24O3. The third-order valence-corrected chi connectivity index (χ3v) is 3.22. The lowest BCUT2D eigenvalue weighted by atomic mass is 10.1. The maximum Gasteiger partial charge on any atom is 0.513 e. The standard InChI is InChI=1S/C16H24O3/c1-4-5-6-7-8-12-18-16(17)19-15-11-9-10-13(2)14(15)3/h9-11H,4-8,12H2,1-3H3. The zero-order valence-electron chi connectivity index (χ0n) is 12.2. The van der Waals surface area contributed by atoms with E-state index in [-0.39, 0.29) is 0 Å². The van der Waals surface area contributed by atoms with Crippen molar-refractivity contribution in [3.8, 4) is 5.75 Å². The smallest absolute Gasteiger partial charge is 0.434 e. The van der Waals surface area contributed by atoms with Gasteiger partial charge in [-0.25, -0.2) is 4.79 Å². The topological polar surface area (TPSA) is 35.5 Å². The molecule has 0 fully saturated rings. The Balaban J connectivity index is 2.26. The Bertz CT molecular complexity index is 399. The molecule has 3 heteroatoms. The minimum absolute atomic E-state index is 0.438. The molecule has 0 amide bonds. The van der Waals surface area contributed by atoms with E-state index in [0.29, 0.717) is 12.4 Å². The number of carbonyl (C=O) groups excluding carboxylic acids is 1. The molecule has 0 aliphatic rings. The maximum atomic E-state index is 11.5. The van der Waals surface area contributed by atoms with E-state index >= 15 is 0 Å². The fraction of sp³-hybridized carbons (Fsp3) is 0.562. The highest BCUT2D eigenvalue weighted by Crippen LogP contribution is 2.20. The van der Waals surface area contributed by atoms with Crippen LogP contribution < -0.4 is 4.74 Å². The Morgan fingerprint density at radius 1 is 1.11 bits per heavy atom. The highest BCUT2D eigenvalue weighted by Gasteiger charge is 2.09. The number of rotatable bonds is 7. The third kappa shape index (κ3) is 5.77. The van der Waals surface area contributed by atoms with Crippen LogP contribution in [0.3, 0.4) is 0 Å². The quantitative estimate of drug-likeness (QED) is 0.403. The van der Waals surface area contributed by atoms with Crippen LogP contribution in [0.5, 0.6) is 5.75 Å². The summed E-state index contributed by atoms with van der Waals surface area (Å²) in [5.41, 5.74) is 2.08. The van der Waals surface area contributed by atoms with Crippen molar-refractivity contribution in [3.63, 3.8) is 0 Å². The first-order valence-electron chi connectivity index (χ1n) is 7.06. The van der Waals surface area contributed by atoms with Gasteiger partial charge < -0.3 is 9.47 Å². The van der Waals surface area contributed by atoms with Gasteiger partial charge in [-0.1, -0.05) is 44.7 Å². The number of unbranched alkanes of at least 4 members (excludes halogenated alkanes) is 4. The molecule has 1 aromatic carbocycles. The molecule has 3 nitrogen and oxygen atoms in total. The van der Waals surface area contributed by atoms with Crippen molar-refractivity contribution in [1.29, 1.82) is 0 Å². The molecule has 0 aliphatic heterocycles. The van der Waals surface area contributed by atoms with Crippen molar-refractivity contribution >= 4 is 6.16 Å². The second-order valence-electron chi connectivity index (χ2n) is 4.81. The molecule has 0 radical (unpaired) electrons. The van der Waals surface area contributed by atoms with E-state index in [4.69, 9.17) is 9.47 Å². The molecule has 0 bridgehead atoms. The SMILES string of the molecule is CCCCCCCOC(=O)Oc1cccc(C)c1C. The predicted octanol–water partition coefficient (Wildman–Crippen LogP) is 4.79. The number of benzene rings is 1. The summed E-state index contributed by atoms with van der Waals surface area (Å²) in [5, 5.41) is 0. The molecule has 0 unspecified atom stereocenters. The van der Waals surface area contributed by atoms with Gasteiger partial charge in [-0.2, -0.15) is 0 Å². The van der Waals surface area contributed by atoms with E-state index in [0.717, 1.165) is 24.0 Å². The van der Waals surface area contributed by atoms with Crippen molar-refractivity contribution in [1.82, 2.24) is 0 Å². The Morgan fingerprint density at radius 2 is 1.84 bits per heavy atom. The van der Waals surface area contributed by atoms with Gasteiger partial charge in [-0.05, 0) is 37.5 Å². The second kappa shape index (κ2) is 8.57. The van der Waals surface area contributed by atoms with Crippen LogP contribution in [0.15, 0.2) is 18.2 Å². The molecule has 0 aliphatic carbocycles. The summed E-state index contributed by atoms with van der Waals surface area (Å²) in [7, 11) is 0. The highest BCUT2D eigenvalue weighted by atomic mass is 16.7. The molecule has 0 aromatic heterocycles. The molecule has 19 heavy (non-hydrogen) atoms. The van der Waals surface area contributed by atoms with Gasteiger partial charge in [-0.15, -0.1) is 0 Å². The zero-order valence-corrected chi connectivity index (χ0v) is 12.2. The molecule has 1 rings (SSSR count). The van der Waals surface area contributed by atoms with E-state index in [1.165, 1.54) is 19.3 Å². The lowest BCUT2D eigenvalue weighted by molar-refractivity contribution is 0.0970. The summed E-state index contributed by atoms with van der Waals surface area (Å²) in [5.74, 6) is 0.580. The van der Waals surface area contributed by atoms with Gasteiger partial charge in [0.25, 0.3) is 0 Å². The molecule has 0 spiro atoms. The van der Waals surface area contributed by atoms with Crippen LogP contribution in [-0.2, 0) is 4.74 Å². The lowest BCUT2D eigenvalue weighted by Crippen LogP contribution is -2.12. The highest BCUT2D eigenvalue weighted by molar-refractivity contribution is 5.64. The van der Waals surface area contributed by atoms with Crippen molar-refractivity contribution in [2.75, 3.05) is 6.61 Å². The summed E-state index contributed by atoms with van der Waals surface area (Å²) in [6.07, 6.45) is 5.06. The second-order valence-corrected chi connectivity index (χ2v) is 4.81. The van der Waals surface area contributed by atoms with Crippen molar-refractivity contribution in [3.05, 3.63) is 29.3 Å². The fourth-order valence-corrected chi connectivity index (χ4v) is 1.82. The van der Waals surface area contributed by atoms with E-state index in [2.05, 4.69) is 6.92 Å². The van der Waals surface area contributed by atoms with Gasteiger partial charge in [-0.3, -0.25) is 0 Å². The van der Waals surface area contributed by atoms with Crippen LogP contribution in [0.2, 0.25) is 0 Å². The first-order chi connectivity index (χ1) is 9.15. The van der Waals surface area contributed by atoms with Crippen LogP contribution in [0.1, 0.15) is 50.2 Å². The van der Waals surface area contributed by atoms with E-state index < -0.39 is 6.16 Å². The predicted molar refractivity (Wildman–Crippen MR) is 76.7 cm³/mol. The Kier molecular flexibility index (Phi) is 7.01. The van der Waals surface area contributed by atoms with E-state index in [9.17, 15) is 4.79 Å².